The number of hydrogen-bond acceptors (Lipinski definition) is 5. The number of amides is 2. The topological polar surface area (TPSA) is 104 Å². The molecule has 206 valence electrons. The first-order valence-electron chi connectivity index (χ1n) is 13.8. The lowest BCUT2D eigenvalue weighted by molar-refractivity contribution is -0.149. The first-order chi connectivity index (χ1) is 18.9. The van der Waals surface area contributed by atoms with Crippen molar-refractivity contribution in [1.29, 1.82) is 0 Å². The Morgan fingerprint density at radius 2 is 1.69 bits per heavy atom. The Hall–Kier alpha value is -4.01. The minimum Gasteiger partial charge on any atom is -0.493 e. The van der Waals surface area contributed by atoms with Crippen LogP contribution in [0.3, 0.4) is 0 Å². The fourth-order valence-electron chi connectivity index (χ4n) is 5.99. The number of benzene rings is 2. The second kappa shape index (κ2) is 11.4. The van der Waals surface area contributed by atoms with Crippen LogP contribution in [-0.2, 0) is 16.1 Å². The summed E-state index contributed by atoms with van der Waals surface area (Å²) in [6, 6.07) is 15.5. The van der Waals surface area contributed by atoms with Crippen molar-refractivity contribution in [2.24, 2.45) is 11.8 Å². The van der Waals surface area contributed by atoms with Crippen molar-refractivity contribution in [3.8, 4) is 5.75 Å². The molecular formula is C30H36N4O5. The Balaban J connectivity index is 1.21. The average Bonchev–Trinajstić information content (AvgIpc) is 3.59. The Bertz CT molecular complexity index is 1360. The van der Waals surface area contributed by atoms with E-state index in [1.54, 1.807) is 0 Å². The molecule has 2 aliphatic rings. The quantitative estimate of drug-likeness (QED) is 0.444. The van der Waals surface area contributed by atoms with Gasteiger partial charge in [0.05, 0.1) is 24.0 Å². The number of carbonyl (C=O) groups excluding carboxylic acids is 2. The molecule has 5 rings (SSSR count). The SMILES string of the molecule is CCOc1cccc2c1cc(C(=O)Nc1ccc(N3CCN(C(=O)[C@@H]4CCC[C@H]4C(=O)O)CC3)cc1)n2CC. The van der Waals surface area contributed by atoms with Crippen LogP contribution in [0.2, 0.25) is 0 Å². The third kappa shape index (κ3) is 5.30. The molecule has 2 aromatic carbocycles. The fraction of sp³-hybridized carbons (Fsp3) is 0.433. The lowest BCUT2D eigenvalue weighted by Crippen LogP contribution is -2.51. The number of hydrogen-bond donors (Lipinski definition) is 2. The summed E-state index contributed by atoms with van der Waals surface area (Å²) in [5, 5.41) is 13.4. The standard InChI is InChI=1S/C30H36N4O5/c1-3-34-25-9-6-10-27(39-4-2)24(25)19-26(34)28(35)31-20-11-13-21(14-12-20)32-15-17-33(18-16-32)29(36)22-7-5-8-23(22)30(37)38/h6,9-14,19,22-23H,3-5,7-8,15-18H2,1-2H3,(H,31,35)(H,37,38)/t22-,23-/m1/s1. The van der Waals surface area contributed by atoms with Gasteiger partial charge in [-0.05, 0) is 69.2 Å². The number of aromatic nitrogens is 1. The molecule has 0 spiro atoms. The zero-order valence-corrected chi connectivity index (χ0v) is 22.6. The van der Waals surface area contributed by atoms with E-state index in [-0.39, 0.29) is 11.8 Å². The van der Waals surface area contributed by atoms with Gasteiger partial charge in [-0.2, -0.15) is 0 Å². The first-order valence-corrected chi connectivity index (χ1v) is 13.8. The third-order valence-electron chi connectivity index (χ3n) is 7.99. The number of nitrogens with zero attached hydrogens (tertiary/aromatic N) is 3. The number of aryl methyl sites for hydroxylation is 1. The maximum atomic E-state index is 13.2. The number of fused-ring (bicyclic) bond motifs is 1. The molecule has 1 saturated heterocycles. The number of carboxylic acids is 1. The summed E-state index contributed by atoms with van der Waals surface area (Å²) < 4.78 is 7.76. The Labute approximate surface area is 228 Å². The lowest BCUT2D eigenvalue weighted by Gasteiger charge is -2.37. The highest BCUT2D eigenvalue weighted by atomic mass is 16.5. The molecule has 1 aromatic heterocycles. The smallest absolute Gasteiger partial charge is 0.307 e. The molecule has 2 N–H and O–H groups in total. The number of carbonyl (C=O) groups is 3. The van der Waals surface area contributed by atoms with Gasteiger partial charge >= 0.3 is 5.97 Å². The molecule has 2 fully saturated rings. The van der Waals surface area contributed by atoms with Gasteiger partial charge in [0, 0.05) is 49.5 Å². The summed E-state index contributed by atoms with van der Waals surface area (Å²) in [4.78, 5) is 41.7. The van der Waals surface area contributed by atoms with Gasteiger partial charge in [0.25, 0.3) is 5.91 Å². The summed E-state index contributed by atoms with van der Waals surface area (Å²) in [6.45, 7) is 7.69. The van der Waals surface area contributed by atoms with Crippen molar-refractivity contribution >= 4 is 40.1 Å². The first kappa shape index (κ1) is 26.6. The van der Waals surface area contributed by atoms with Crippen molar-refractivity contribution in [2.75, 3.05) is 43.0 Å². The van der Waals surface area contributed by atoms with E-state index in [4.69, 9.17) is 4.74 Å². The van der Waals surface area contributed by atoms with E-state index in [1.165, 1.54) is 0 Å². The predicted molar refractivity (Wildman–Crippen MR) is 150 cm³/mol. The highest BCUT2D eigenvalue weighted by Gasteiger charge is 2.40. The van der Waals surface area contributed by atoms with Gasteiger partial charge in [0.1, 0.15) is 11.4 Å². The van der Waals surface area contributed by atoms with Gasteiger partial charge in [0.15, 0.2) is 0 Å². The number of rotatable bonds is 8. The van der Waals surface area contributed by atoms with Crippen LogP contribution in [0.25, 0.3) is 10.9 Å². The molecule has 9 heteroatoms. The van der Waals surface area contributed by atoms with Crippen molar-refractivity contribution < 1.29 is 24.2 Å². The molecule has 0 bridgehead atoms. The Kier molecular flexibility index (Phi) is 7.77. The van der Waals surface area contributed by atoms with E-state index >= 15 is 0 Å². The molecule has 9 nitrogen and oxygen atoms in total. The highest BCUT2D eigenvalue weighted by Crippen LogP contribution is 2.34. The summed E-state index contributed by atoms with van der Waals surface area (Å²) in [5.41, 5.74) is 3.27. The molecule has 1 aliphatic heterocycles. The Morgan fingerprint density at radius 3 is 2.36 bits per heavy atom. The molecule has 0 radical (unpaired) electrons. The molecule has 2 heterocycles. The molecule has 1 aliphatic carbocycles. The van der Waals surface area contributed by atoms with E-state index in [9.17, 15) is 19.5 Å². The predicted octanol–water partition coefficient (Wildman–Crippen LogP) is 4.46. The molecule has 3 aromatic rings. The number of piperazine rings is 1. The van der Waals surface area contributed by atoms with E-state index in [0.717, 1.165) is 28.8 Å². The van der Waals surface area contributed by atoms with Gasteiger partial charge in [-0.15, -0.1) is 0 Å². The largest absolute Gasteiger partial charge is 0.493 e. The highest BCUT2D eigenvalue weighted by molar-refractivity contribution is 6.07. The van der Waals surface area contributed by atoms with Gasteiger partial charge < -0.3 is 29.5 Å². The number of ether oxygens (including phenoxy) is 1. The van der Waals surface area contributed by atoms with Gasteiger partial charge in [-0.25, -0.2) is 0 Å². The van der Waals surface area contributed by atoms with Crippen molar-refractivity contribution in [3.63, 3.8) is 0 Å². The summed E-state index contributed by atoms with van der Waals surface area (Å²) in [7, 11) is 0. The minimum atomic E-state index is -0.858. The number of aliphatic carboxylic acids is 1. The zero-order valence-electron chi connectivity index (χ0n) is 22.6. The minimum absolute atomic E-state index is 0.0181. The second-order valence-electron chi connectivity index (χ2n) is 10.2. The summed E-state index contributed by atoms with van der Waals surface area (Å²) >= 11 is 0. The van der Waals surface area contributed by atoms with Crippen LogP contribution in [-0.4, -0.2) is 65.1 Å². The third-order valence-corrected chi connectivity index (χ3v) is 7.99. The molecule has 2 amide bonds. The molecule has 1 saturated carbocycles. The zero-order chi connectivity index (χ0) is 27.5. The van der Waals surface area contributed by atoms with Gasteiger partial charge in [0.2, 0.25) is 5.91 Å². The normalized spacial score (nSPS) is 19.3. The van der Waals surface area contributed by atoms with Crippen LogP contribution in [0, 0.1) is 11.8 Å². The van der Waals surface area contributed by atoms with Crippen molar-refractivity contribution in [3.05, 3.63) is 54.2 Å². The van der Waals surface area contributed by atoms with E-state index in [1.807, 2.05) is 71.8 Å². The summed E-state index contributed by atoms with van der Waals surface area (Å²) in [6.07, 6.45) is 2.05. The second-order valence-corrected chi connectivity index (χ2v) is 10.2. The van der Waals surface area contributed by atoms with Crippen LogP contribution < -0.4 is 15.0 Å². The van der Waals surface area contributed by atoms with E-state index < -0.39 is 17.8 Å². The molecule has 39 heavy (non-hydrogen) atoms. The lowest BCUT2D eigenvalue weighted by atomic mass is 9.94. The van der Waals surface area contributed by atoms with Crippen LogP contribution >= 0.6 is 0 Å². The van der Waals surface area contributed by atoms with Crippen LogP contribution in [0.5, 0.6) is 5.75 Å². The van der Waals surface area contributed by atoms with Gasteiger partial charge in [-0.1, -0.05) is 12.5 Å². The number of carboxylic acid groups (broad SMARTS) is 1. The Morgan fingerprint density at radius 1 is 0.974 bits per heavy atom. The van der Waals surface area contributed by atoms with Crippen LogP contribution in [0.4, 0.5) is 11.4 Å². The van der Waals surface area contributed by atoms with Crippen LogP contribution in [0.1, 0.15) is 43.6 Å². The maximum Gasteiger partial charge on any atom is 0.307 e. The van der Waals surface area contributed by atoms with Gasteiger partial charge in [-0.3, -0.25) is 14.4 Å². The molecule has 2 atom stereocenters. The fourth-order valence-corrected chi connectivity index (χ4v) is 5.99. The van der Waals surface area contributed by atoms with E-state index in [0.29, 0.717) is 63.6 Å². The van der Waals surface area contributed by atoms with Crippen molar-refractivity contribution in [1.82, 2.24) is 9.47 Å². The van der Waals surface area contributed by atoms with Crippen molar-refractivity contribution in [2.45, 2.75) is 39.7 Å². The average molecular weight is 533 g/mol. The number of anilines is 2. The summed E-state index contributed by atoms with van der Waals surface area (Å²) in [5.74, 6) is -1.23. The molecular weight excluding hydrogens is 496 g/mol. The van der Waals surface area contributed by atoms with Crippen LogP contribution in [0.15, 0.2) is 48.5 Å². The number of nitrogens with one attached hydrogen (secondary N) is 1. The maximum absolute atomic E-state index is 13.2. The van der Waals surface area contributed by atoms with E-state index in [2.05, 4.69) is 10.2 Å². The monoisotopic (exact) mass is 532 g/mol. The molecule has 0 unspecified atom stereocenters.